The van der Waals surface area contributed by atoms with E-state index in [4.69, 9.17) is 9.47 Å². The van der Waals surface area contributed by atoms with Gasteiger partial charge in [0, 0.05) is 0 Å². The third-order valence-electron chi connectivity index (χ3n) is 6.80. The Hall–Kier alpha value is -0.500. The van der Waals surface area contributed by atoms with Gasteiger partial charge >= 0.3 is 12.4 Å². The molecule has 0 aromatic carbocycles. The highest BCUT2D eigenvalue weighted by Crippen LogP contribution is 2.60. The molecule has 28 heavy (non-hydrogen) atoms. The molecular formula is C20H29F6O2. The molecule has 0 bridgehead atoms. The molecule has 3 atom stereocenters. The van der Waals surface area contributed by atoms with E-state index in [1.807, 2.05) is 0 Å². The molecule has 0 aromatic rings. The summed E-state index contributed by atoms with van der Waals surface area (Å²) in [7, 11) is 0. The Balaban J connectivity index is 1.65. The average Bonchev–Trinajstić information content (AvgIpc) is 3.26. The van der Waals surface area contributed by atoms with Crippen LogP contribution in [0.4, 0.5) is 26.3 Å². The molecular weight excluding hydrogens is 386 g/mol. The second kappa shape index (κ2) is 8.70. The summed E-state index contributed by atoms with van der Waals surface area (Å²) >= 11 is 0. The van der Waals surface area contributed by atoms with E-state index in [0.717, 1.165) is 32.1 Å². The van der Waals surface area contributed by atoms with Gasteiger partial charge in [-0.15, -0.1) is 0 Å². The predicted octanol–water partition coefficient (Wildman–Crippen LogP) is 6.39. The SMILES string of the molecule is FC(F)(F)COC1CC[C](C2(C3CCCCC3)CCC(OCC(F)(F)F)C2)C1. The van der Waals surface area contributed by atoms with E-state index >= 15 is 0 Å². The molecule has 2 nitrogen and oxygen atoms in total. The van der Waals surface area contributed by atoms with Crippen molar-refractivity contribution in [2.24, 2.45) is 11.3 Å². The summed E-state index contributed by atoms with van der Waals surface area (Å²) in [5.41, 5.74) is -0.187. The quantitative estimate of drug-likeness (QED) is 0.468. The van der Waals surface area contributed by atoms with E-state index in [1.165, 1.54) is 12.3 Å². The van der Waals surface area contributed by atoms with Crippen LogP contribution in [0.15, 0.2) is 0 Å². The summed E-state index contributed by atoms with van der Waals surface area (Å²) in [6.07, 6.45) is -0.346. The molecule has 0 spiro atoms. The lowest BCUT2D eigenvalue weighted by atomic mass is 9.60. The number of rotatable bonds is 6. The smallest absolute Gasteiger partial charge is 0.369 e. The van der Waals surface area contributed by atoms with Crippen molar-refractivity contribution in [1.82, 2.24) is 0 Å². The van der Waals surface area contributed by atoms with Crippen molar-refractivity contribution in [2.45, 2.75) is 95.2 Å². The van der Waals surface area contributed by atoms with E-state index in [0.29, 0.717) is 38.0 Å². The second-order valence-electron chi connectivity index (χ2n) is 8.68. The van der Waals surface area contributed by atoms with Crippen LogP contribution in [0.25, 0.3) is 0 Å². The Labute approximate surface area is 162 Å². The second-order valence-corrected chi connectivity index (χ2v) is 8.68. The fourth-order valence-corrected chi connectivity index (χ4v) is 5.64. The molecule has 0 amide bonds. The van der Waals surface area contributed by atoms with E-state index < -0.39 is 37.8 Å². The van der Waals surface area contributed by atoms with Gasteiger partial charge in [-0.25, -0.2) is 0 Å². The lowest BCUT2D eigenvalue weighted by Crippen LogP contribution is -2.36. The van der Waals surface area contributed by atoms with Crippen molar-refractivity contribution in [3.8, 4) is 0 Å². The number of alkyl halides is 6. The van der Waals surface area contributed by atoms with Crippen molar-refractivity contribution in [3.63, 3.8) is 0 Å². The first-order valence-electron chi connectivity index (χ1n) is 10.3. The van der Waals surface area contributed by atoms with Gasteiger partial charge in [-0.1, -0.05) is 19.3 Å². The number of ether oxygens (including phenoxy) is 2. The lowest BCUT2D eigenvalue weighted by Gasteiger charge is -2.44. The van der Waals surface area contributed by atoms with Gasteiger partial charge in [0.1, 0.15) is 13.2 Å². The molecule has 163 valence electrons. The number of halogens is 6. The van der Waals surface area contributed by atoms with Gasteiger partial charge in [-0.3, -0.25) is 0 Å². The van der Waals surface area contributed by atoms with Crippen LogP contribution in [0.3, 0.4) is 0 Å². The molecule has 8 heteroatoms. The number of hydrogen-bond donors (Lipinski definition) is 0. The molecule has 3 fully saturated rings. The molecule has 3 aliphatic rings. The summed E-state index contributed by atoms with van der Waals surface area (Å²) in [6.45, 7) is -2.47. The van der Waals surface area contributed by atoms with Gasteiger partial charge in [-0.2, -0.15) is 26.3 Å². The van der Waals surface area contributed by atoms with Crippen molar-refractivity contribution in [2.75, 3.05) is 13.2 Å². The van der Waals surface area contributed by atoms with Gasteiger partial charge in [0.2, 0.25) is 0 Å². The van der Waals surface area contributed by atoms with Crippen LogP contribution >= 0.6 is 0 Å². The first kappa shape index (κ1) is 22.2. The molecule has 3 saturated carbocycles. The van der Waals surface area contributed by atoms with Crippen molar-refractivity contribution < 1.29 is 35.8 Å². The Morgan fingerprint density at radius 3 is 2.00 bits per heavy atom. The molecule has 0 aliphatic heterocycles. The number of hydrogen-bond acceptors (Lipinski definition) is 2. The maximum atomic E-state index is 12.6. The van der Waals surface area contributed by atoms with Gasteiger partial charge in [0.25, 0.3) is 0 Å². The van der Waals surface area contributed by atoms with E-state index in [1.54, 1.807) is 0 Å². The zero-order chi connectivity index (χ0) is 20.4. The van der Waals surface area contributed by atoms with E-state index in [9.17, 15) is 26.3 Å². The summed E-state index contributed by atoms with van der Waals surface area (Å²) in [6, 6.07) is 0. The minimum Gasteiger partial charge on any atom is -0.369 e. The van der Waals surface area contributed by atoms with E-state index in [2.05, 4.69) is 0 Å². The van der Waals surface area contributed by atoms with Gasteiger partial charge in [0.15, 0.2) is 0 Å². The summed E-state index contributed by atoms with van der Waals surface area (Å²) in [5, 5.41) is 0. The highest BCUT2D eigenvalue weighted by atomic mass is 19.4. The summed E-state index contributed by atoms with van der Waals surface area (Å²) < 4.78 is 85.3. The highest BCUT2D eigenvalue weighted by molar-refractivity contribution is 5.17. The van der Waals surface area contributed by atoms with Crippen molar-refractivity contribution >= 4 is 0 Å². The zero-order valence-electron chi connectivity index (χ0n) is 16.0. The molecule has 1 radical (unpaired) electrons. The van der Waals surface area contributed by atoms with Crippen LogP contribution in [0.1, 0.15) is 70.6 Å². The molecule has 3 unspecified atom stereocenters. The van der Waals surface area contributed by atoms with Crippen molar-refractivity contribution in [3.05, 3.63) is 5.92 Å². The van der Waals surface area contributed by atoms with E-state index in [-0.39, 0.29) is 5.41 Å². The first-order valence-corrected chi connectivity index (χ1v) is 10.3. The Kier molecular flexibility index (Phi) is 6.90. The third kappa shape index (κ3) is 5.77. The average molecular weight is 415 g/mol. The maximum Gasteiger partial charge on any atom is 0.411 e. The van der Waals surface area contributed by atoms with Gasteiger partial charge in [0.05, 0.1) is 12.2 Å². The standard InChI is InChI=1S/C20H29F6O2/c21-19(22,23)12-27-16-7-6-15(10-16)18(14-4-2-1-3-5-14)9-8-17(11-18)28-13-20(24,25)26/h14,16-17H,1-13H2. The molecule has 3 rings (SSSR count). The topological polar surface area (TPSA) is 18.5 Å². The summed E-state index contributed by atoms with van der Waals surface area (Å²) in [5.74, 6) is 1.61. The van der Waals surface area contributed by atoms with Crippen molar-refractivity contribution in [1.29, 1.82) is 0 Å². The van der Waals surface area contributed by atoms with Crippen LogP contribution in [-0.4, -0.2) is 37.8 Å². The van der Waals surface area contributed by atoms with Crippen LogP contribution in [0.5, 0.6) is 0 Å². The minimum absolute atomic E-state index is 0.187. The van der Waals surface area contributed by atoms with Crippen LogP contribution < -0.4 is 0 Å². The third-order valence-corrected chi connectivity index (χ3v) is 6.80. The lowest BCUT2D eigenvalue weighted by molar-refractivity contribution is -0.186. The fraction of sp³-hybridized carbons (Fsp3) is 0.950. The molecule has 0 heterocycles. The fourth-order valence-electron chi connectivity index (χ4n) is 5.64. The molecule has 0 aromatic heterocycles. The Morgan fingerprint density at radius 2 is 1.39 bits per heavy atom. The van der Waals surface area contributed by atoms with Gasteiger partial charge < -0.3 is 9.47 Å². The molecule has 0 saturated heterocycles. The first-order chi connectivity index (χ1) is 13.1. The predicted molar refractivity (Wildman–Crippen MR) is 91.5 cm³/mol. The molecule has 3 aliphatic carbocycles. The van der Waals surface area contributed by atoms with Crippen LogP contribution in [0.2, 0.25) is 0 Å². The Bertz CT molecular complexity index is 500. The molecule has 0 N–H and O–H groups in total. The monoisotopic (exact) mass is 415 g/mol. The zero-order valence-corrected chi connectivity index (χ0v) is 16.0. The minimum atomic E-state index is -4.34. The van der Waals surface area contributed by atoms with Crippen LogP contribution in [0, 0.1) is 17.3 Å². The maximum absolute atomic E-state index is 12.6. The highest BCUT2D eigenvalue weighted by Gasteiger charge is 2.53. The normalized spacial score (nSPS) is 33.6. The summed E-state index contributed by atoms with van der Waals surface area (Å²) in [4.78, 5) is 0. The van der Waals surface area contributed by atoms with Crippen LogP contribution in [-0.2, 0) is 9.47 Å². The Morgan fingerprint density at radius 1 is 0.786 bits per heavy atom. The van der Waals surface area contributed by atoms with Gasteiger partial charge in [-0.05, 0) is 68.6 Å². The largest absolute Gasteiger partial charge is 0.411 e.